The summed E-state index contributed by atoms with van der Waals surface area (Å²) in [5.74, 6) is -0.235. The number of nitrogens with one attached hydrogen (secondary N) is 1. The highest BCUT2D eigenvalue weighted by atomic mass is 16.5. The second kappa shape index (κ2) is 5.07. The van der Waals surface area contributed by atoms with Gasteiger partial charge in [0.25, 0.3) is 0 Å². The van der Waals surface area contributed by atoms with Crippen LogP contribution in [0.4, 0.5) is 0 Å². The lowest BCUT2D eigenvalue weighted by molar-refractivity contribution is -0.145. The molecule has 1 saturated carbocycles. The minimum atomic E-state index is -0.732. The Morgan fingerprint density at radius 1 is 1.40 bits per heavy atom. The molecule has 1 aliphatic carbocycles. The van der Waals surface area contributed by atoms with Gasteiger partial charge in [-0.2, -0.15) is 0 Å². The van der Waals surface area contributed by atoms with Crippen LogP contribution in [0.25, 0.3) is 0 Å². The number of ether oxygens (including phenoxy) is 1. The SMILES string of the molecule is Cc1ccc2c(c1)OC[C@@H](NC1CC(C(=O)O)C1)[C@H]2O. The van der Waals surface area contributed by atoms with E-state index in [4.69, 9.17) is 9.84 Å². The molecule has 1 fully saturated rings. The van der Waals surface area contributed by atoms with Crippen LogP contribution in [-0.2, 0) is 4.79 Å². The zero-order chi connectivity index (χ0) is 14.3. The number of aliphatic hydroxyl groups is 1. The van der Waals surface area contributed by atoms with Gasteiger partial charge < -0.3 is 20.3 Å². The van der Waals surface area contributed by atoms with E-state index in [2.05, 4.69) is 5.32 Å². The van der Waals surface area contributed by atoms with Crippen LogP contribution in [0.2, 0.25) is 0 Å². The Kier molecular flexibility index (Phi) is 3.40. The molecule has 1 heterocycles. The number of aryl methyl sites for hydroxylation is 1. The largest absolute Gasteiger partial charge is 0.491 e. The number of rotatable bonds is 3. The van der Waals surface area contributed by atoms with Gasteiger partial charge in [-0.25, -0.2) is 0 Å². The summed E-state index contributed by atoms with van der Waals surface area (Å²) in [6, 6.07) is 5.76. The van der Waals surface area contributed by atoms with E-state index in [9.17, 15) is 9.90 Å². The number of aliphatic hydroxyl groups excluding tert-OH is 1. The van der Waals surface area contributed by atoms with Crippen LogP contribution in [0.5, 0.6) is 5.75 Å². The molecule has 0 bridgehead atoms. The fourth-order valence-electron chi connectivity index (χ4n) is 2.90. The molecule has 1 aromatic rings. The molecule has 108 valence electrons. The van der Waals surface area contributed by atoms with Gasteiger partial charge in [0, 0.05) is 11.6 Å². The third-order valence-electron chi connectivity index (χ3n) is 4.22. The van der Waals surface area contributed by atoms with Crippen molar-refractivity contribution in [1.82, 2.24) is 5.32 Å². The number of carbonyl (C=O) groups is 1. The van der Waals surface area contributed by atoms with E-state index >= 15 is 0 Å². The van der Waals surface area contributed by atoms with E-state index in [1.807, 2.05) is 25.1 Å². The minimum Gasteiger partial charge on any atom is -0.491 e. The second-order valence-corrected chi connectivity index (χ2v) is 5.77. The number of fused-ring (bicyclic) bond motifs is 1. The highest BCUT2D eigenvalue weighted by Gasteiger charge is 2.38. The van der Waals surface area contributed by atoms with Crippen molar-refractivity contribution in [3.8, 4) is 5.75 Å². The van der Waals surface area contributed by atoms with Crippen LogP contribution in [0.15, 0.2) is 18.2 Å². The molecule has 1 aromatic carbocycles. The van der Waals surface area contributed by atoms with Crippen LogP contribution in [0.3, 0.4) is 0 Å². The predicted molar refractivity (Wildman–Crippen MR) is 72.7 cm³/mol. The van der Waals surface area contributed by atoms with Crippen molar-refractivity contribution in [2.75, 3.05) is 6.61 Å². The molecule has 0 aromatic heterocycles. The summed E-state index contributed by atoms with van der Waals surface area (Å²) in [6.45, 7) is 2.40. The lowest BCUT2D eigenvalue weighted by Gasteiger charge is -2.39. The Labute approximate surface area is 117 Å². The average molecular weight is 277 g/mol. The van der Waals surface area contributed by atoms with Crippen molar-refractivity contribution in [2.24, 2.45) is 5.92 Å². The topological polar surface area (TPSA) is 78.8 Å². The zero-order valence-electron chi connectivity index (χ0n) is 11.4. The van der Waals surface area contributed by atoms with Crippen molar-refractivity contribution in [3.63, 3.8) is 0 Å². The van der Waals surface area contributed by atoms with Crippen LogP contribution in [0.1, 0.15) is 30.1 Å². The monoisotopic (exact) mass is 277 g/mol. The predicted octanol–water partition coefficient (Wildman–Crippen LogP) is 1.24. The van der Waals surface area contributed by atoms with Gasteiger partial charge in [-0.05, 0) is 31.4 Å². The molecule has 20 heavy (non-hydrogen) atoms. The quantitative estimate of drug-likeness (QED) is 0.775. The van der Waals surface area contributed by atoms with Crippen LogP contribution in [0, 0.1) is 12.8 Å². The number of benzene rings is 1. The Hall–Kier alpha value is -1.59. The van der Waals surface area contributed by atoms with Gasteiger partial charge in [0.15, 0.2) is 0 Å². The Bertz CT molecular complexity index is 525. The molecule has 5 nitrogen and oxygen atoms in total. The third kappa shape index (κ3) is 2.39. The second-order valence-electron chi connectivity index (χ2n) is 5.77. The molecule has 0 radical (unpaired) electrons. The molecule has 1 aliphatic heterocycles. The van der Waals surface area contributed by atoms with Gasteiger partial charge in [-0.15, -0.1) is 0 Å². The molecule has 3 rings (SSSR count). The maximum Gasteiger partial charge on any atom is 0.306 e. The molecule has 0 spiro atoms. The first kappa shape index (κ1) is 13.4. The third-order valence-corrected chi connectivity index (χ3v) is 4.22. The lowest BCUT2D eigenvalue weighted by atomic mass is 9.79. The fraction of sp³-hybridized carbons (Fsp3) is 0.533. The van der Waals surface area contributed by atoms with Gasteiger partial charge in [0.2, 0.25) is 0 Å². The Balaban J connectivity index is 1.63. The normalized spacial score (nSPS) is 31.9. The van der Waals surface area contributed by atoms with E-state index in [-0.39, 0.29) is 18.0 Å². The molecular weight excluding hydrogens is 258 g/mol. The van der Waals surface area contributed by atoms with Gasteiger partial charge in [0.05, 0.1) is 12.0 Å². The van der Waals surface area contributed by atoms with Gasteiger partial charge in [-0.1, -0.05) is 12.1 Å². The molecule has 3 N–H and O–H groups in total. The van der Waals surface area contributed by atoms with Gasteiger partial charge in [-0.3, -0.25) is 4.79 Å². The first-order chi connectivity index (χ1) is 9.54. The number of hydrogen-bond donors (Lipinski definition) is 3. The molecule has 0 unspecified atom stereocenters. The van der Waals surface area contributed by atoms with Crippen molar-refractivity contribution < 1.29 is 19.7 Å². The maximum atomic E-state index is 10.8. The van der Waals surface area contributed by atoms with Crippen molar-refractivity contribution >= 4 is 5.97 Å². The first-order valence-electron chi connectivity index (χ1n) is 6.95. The van der Waals surface area contributed by atoms with E-state index in [0.29, 0.717) is 19.4 Å². The highest BCUT2D eigenvalue weighted by Crippen LogP contribution is 2.35. The fourth-order valence-corrected chi connectivity index (χ4v) is 2.90. The van der Waals surface area contributed by atoms with Gasteiger partial charge >= 0.3 is 5.97 Å². The smallest absolute Gasteiger partial charge is 0.306 e. The summed E-state index contributed by atoms with van der Waals surface area (Å²) >= 11 is 0. The van der Waals surface area contributed by atoms with Crippen LogP contribution >= 0.6 is 0 Å². The Morgan fingerprint density at radius 2 is 2.15 bits per heavy atom. The Morgan fingerprint density at radius 3 is 2.85 bits per heavy atom. The van der Waals surface area contributed by atoms with E-state index in [0.717, 1.165) is 16.9 Å². The van der Waals surface area contributed by atoms with E-state index < -0.39 is 12.1 Å². The average Bonchev–Trinajstić information content (AvgIpc) is 2.34. The molecule has 0 amide bonds. The van der Waals surface area contributed by atoms with Crippen LogP contribution < -0.4 is 10.1 Å². The summed E-state index contributed by atoms with van der Waals surface area (Å²) in [4.78, 5) is 10.8. The minimum absolute atomic E-state index is 0.159. The lowest BCUT2D eigenvalue weighted by Crippen LogP contribution is -2.53. The molecule has 0 saturated heterocycles. The molecule has 5 heteroatoms. The zero-order valence-corrected chi connectivity index (χ0v) is 11.4. The highest BCUT2D eigenvalue weighted by molar-refractivity contribution is 5.71. The molecule has 2 aliphatic rings. The summed E-state index contributed by atoms with van der Waals surface area (Å²) < 4.78 is 5.69. The van der Waals surface area contributed by atoms with E-state index in [1.54, 1.807) is 0 Å². The van der Waals surface area contributed by atoms with E-state index in [1.165, 1.54) is 0 Å². The maximum absolute atomic E-state index is 10.8. The molecule has 2 atom stereocenters. The summed E-state index contributed by atoms with van der Waals surface area (Å²) in [5.41, 5.74) is 1.90. The summed E-state index contributed by atoms with van der Waals surface area (Å²) in [7, 11) is 0. The standard InChI is InChI=1S/C15H19NO4/c1-8-2-3-11-13(4-8)20-7-12(14(11)17)16-10-5-9(6-10)15(18)19/h2-4,9-10,12,14,16-17H,5-7H2,1H3,(H,18,19)/t9?,10?,12-,14+/m1/s1. The molecular formula is C15H19NO4. The number of aliphatic carboxylic acids is 1. The van der Waals surface area contributed by atoms with Crippen molar-refractivity contribution in [3.05, 3.63) is 29.3 Å². The summed E-state index contributed by atoms with van der Waals surface area (Å²) in [5, 5.41) is 22.6. The van der Waals surface area contributed by atoms with Gasteiger partial charge in [0.1, 0.15) is 18.5 Å². The number of carboxylic acid groups (broad SMARTS) is 1. The summed E-state index contributed by atoms with van der Waals surface area (Å²) in [6.07, 6.45) is 0.641. The van der Waals surface area contributed by atoms with Crippen LogP contribution in [-0.4, -0.2) is 34.9 Å². The first-order valence-corrected chi connectivity index (χ1v) is 6.95. The van der Waals surface area contributed by atoms with Crippen molar-refractivity contribution in [1.29, 1.82) is 0 Å². The van der Waals surface area contributed by atoms with Crippen molar-refractivity contribution in [2.45, 2.75) is 38.0 Å². The number of hydrogen-bond acceptors (Lipinski definition) is 4. The number of carboxylic acids is 1.